The average Bonchev–Trinajstić information content (AvgIpc) is 2.34. The van der Waals surface area contributed by atoms with Crippen molar-refractivity contribution in [3.05, 3.63) is 53.1 Å². The Bertz CT molecular complexity index is 604. The molecule has 0 saturated carbocycles. The molecule has 4 nitrogen and oxygen atoms in total. The molecule has 6 heteroatoms. The fourth-order valence-corrected chi connectivity index (χ4v) is 1.55. The van der Waals surface area contributed by atoms with Crippen molar-refractivity contribution in [1.82, 2.24) is 4.98 Å². The summed E-state index contributed by atoms with van der Waals surface area (Å²) in [6.07, 6.45) is 2.30. The van der Waals surface area contributed by atoms with Crippen molar-refractivity contribution in [2.24, 2.45) is 0 Å². The normalized spacial score (nSPS) is 10.1. The number of pyridine rings is 1. The molecule has 92 valence electrons. The highest BCUT2D eigenvalue weighted by Gasteiger charge is 2.13. The number of carbonyl (C=O) groups excluding carboxylic acids is 1. The number of nitrogens with two attached hydrogens (primary N) is 1. The smallest absolute Gasteiger partial charge is 0.258 e. The minimum Gasteiger partial charge on any atom is -0.399 e. The Balaban J connectivity index is 2.27. The zero-order valence-corrected chi connectivity index (χ0v) is 9.91. The minimum atomic E-state index is -0.699. The fourth-order valence-electron chi connectivity index (χ4n) is 1.39. The van der Waals surface area contributed by atoms with Crippen molar-refractivity contribution in [2.45, 2.75) is 0 Å². The summed E-state index contributed by atoms with van der Waals surface area (Å²) in [5, 5.41) is 2.82. The number of rotatable bonds is 2. The van der Waals surface area contributed by atoms with Gasteiger partial charge in [0.2, 0.25) is 0 Å². The lowest BCUT2D eigenvalue weighted by molar-refractivity contribution is 0.102. The first-order valence-electron chi connectivity index (χ1n) is 5.04. The number of benzene rings is 1. The van der Waals surface area contributed by atoms with Gasteiger partial charge in [-0.1, -0.05) is 11.6 Å². The highest BCUT2D eigenvalue weighted by atomic mass is 35.5. The van der Waals surface area contributed by atoms with E-state index in [2.05, 4.69) is 10.3 Å². The predicted molar refractivity (Wildman–Crippen MR) is 68.0 cm³/mol. The van der Waals surface area contributed by atoms with Crippen LogP contribution >= 0.6 is 11.6 Å². The third kappa shape index (κ3) is 2.57. The van der Waals surface area contributed by atoms with Crippen molar-refractivity contribution in [2.75, 3.05) is 11.1 Å². The second kappa shape index (κ2) is 5.01. The summed E-state index contributed by atoms with van der Waals surface area (Å²) in [7, 11) is 0. The number of hydrogen-bond donors (Lipinski definition) is 2. The van der Waals surface area contributed by atoms with Crippen LogP contribution in [-0.2, 0) is 0 Å². The van der Waals surface area contributed by atoms with E-state index in [0.717, 1.165) is 6.20 Å². The molecule has 0 aliphatic heterocycles. The average molecular weight is 266 g/mol. The molecule has 0 spiro atoms. The van der Waals surface area contributed by atoms with E-state index in [9.17, 15) is 9.18 Å². The summed E-state index contributed by atoms with van der Waals surface area (Å²) in [6, 6.07) is 5.94. The molecule has 0 atom stereocenters. The molecule has 0 radical (unpaired) electrons. The summed E-state index contributed by atoms with van der Waals surface area (Å²) in [5.74, 6) is -1.31. The van der Waals surface area contributed by atoms with Gasteiger partial charge < -0.3 is 11.1 Å². The SMILES string of the molecule is Nc1ccc(Cl)c(NC(=O)c2ccncc2F)c1. The molecule has 2 aromatic rings. The van der Waals surface area contributed by atoms with Gasteiger partial charge in [0.05, 0.1) is 22.5 Å². The van der Waals surface area contributed by atoms with E-state index >= 15 is 0 Å². The number of aromatic nitrogens is 1. The van der Waals surface area contributed by atoms with Crippen LogP contribution in [0.3, 0.4) is 0 Å². The minimum absolute atomic E-state index is 0.108. The van der Waals surface area contributed by atoms with Crippen LogP contribution in [0, 0.1) is 5.82 Å². The molecule has 0 fully saturated rings. The lowest BCUT2D eigenvalue weighted by Crippen LogP contribution is -2.14. The van der Waals surface area contributed by atoms with Crippen LogP contribution in [0.15, 0.2) is 36.7 Å². The van der Waals surface area contributed by atoms with Crippen LogP contribution in [0.25, 0.3) is 0 Å². The Morgan fingerprint density at radius 3 is 2.89 bits per heavy atom. The maximum absolute atomic E-state index is 13.3. The van der Waals surface area contributed by atoms with Crippen LogP contribution in [0.4, 0.5) is 15.8 Å². The molecule has 0 unspecified atom stereocenters. The maximum atomic E-state index is 13.3. The molecule has 1 heterocycles. The zero-order chi connectivity index (χ0) is 13.1. The molecular weight excluding hydrogens is 257 g/mol. The number of nitrogens with zero attached hydrogens (tertiary/aromatic N) is 1. The molecule has 0 saturated heterocycles. The van der Waals surface area contributed by atoms with Crippen molar-refractivity contribution in [3.63, 3.8) is 0 Å². The van der Waals surface area contributed by atoms with E-state index < -0.39 is 11.7 Å². The molecular formula is C12H9ClFN3O. The fraction of sp³-hybridized carbons (Fsp3) is 0. The number of amides is 1. The quantitative estimate of drug-likeness (QED) is 0.821. The van der Waals surface area contributed by atoms with Crippen molar-refractivity contribution >= 4 is 28.9 Å². The van der Waals surface area contributed by atoms with Crippen LogP contribution < -0.4 is 11.1 Å². The summed E-state index contributed by atoms with van der Waals surface area (Å²) in [5.41, 5.74) is 6.25. The summed E-state index contributed by atoms with van der Waals surface area (Å²) in [4.78, 5) is 15.4. The molecule has 0 bridgehead atoms. The Morgan fingerprint density at radius 1 is 1.39 bits per heavy atom. The van der Waals surface area contributed by atoms with Crippen molar-refractivity contribution in [1.29, 1.82) is 0 Å². The molecule has 2 rings (SSSR count). The van der Waals surface area contributed by atoms with E-state index in [0.29, 0.717) is 16.4 Å². The van der Waals surface area contributed by atoms with E-state index in [-0.39, 0.29) is 5.56 Å². The Kier molecular flexibility index (Phi) is 3.43. The highest BCUT2D eigenvalue weighted by molar-refractivity contribution is 6.34. The number of halogens is 2. The molecule has 1 aromatic carbocycles. The Hall–Kier alpha value is -2.14. The molecule has 3 N–H and O–H groups in total. The van der Waals surface area contributed by atoms with E-state index in [1.54, 1.807) is 12.1 Å². The van der Waals surface area contributed by atoms with Crippen LogP contribution in [-0.4, -0.2) is 10.9 Å². The summed E-state index contributed by atoms with van der Waals surface area (Å²) in [6.45, 7) is 0. The molecule has 1 aromatic heterocycles. The molecule has 0 aliphatic rings. The molecule has 1 amide bonds. The third-order valence-electron chi connectivity index (χ3n) is 2.26. The number of nitrogens with one attached hydrogen (secondary N) is 1. The van der Waals surface area contributed by atoms with E-state index in [1.165, 1.54) is 18.3 Å². The first-order valence-corrected chi connectivity index (χ1v) is 5.41. The largest absolute Gasteiger partial charge is 0.399 e. The van der Waals surface area contributed by atoms with Crippen LogP contribution in [0.2, 0.25) is 5.02 Å². The van der Waals surface area contributed by atoms with Crippen molar-refractivity contribution < 1.29 is 9.18 Å². The van der Waals surface area contributed by atoms with Gasteiger partial charge in [0.15, 0.2) is 5.82 Å². The van der Waals surface area contributed by atoms with Crippen molar-refractivity contribution in [3.8, 4) is 0 Å². The maximum Gasteiger partial charge on any atom is 0.258 e. The van der Waals surface area contributed by atoms with Gasteiger partial charge in [-0.2, -0.15) is 0 Å². The van der Waals surface area contributed by atoms with Gasteiger partial charge in [-0.15, -0.1) is 0 Å². The van der Waals surface area contributed by atoms with Gasteiger partial charge in [-0.05, 0) is 24.3 Å². The number of carbonyl (C=O) groups is 1. The van der Waals surface area contributed by atoms with Gasteiger partial charge in [-0.25, -0.2) is 4.39 Å². The molecule has 18 heavy (non-hydrogen) atoms. The highest BCUT2D eigenvalue weighted by Crippen LogP contribution is 2.24. The topological polar surface area (TPSA) is 68.0 Å². The van der Waals surface area contributed by atoms with Gasteiger partial charge >= 0.3 is 0 Å². The second-order valence-corrected chi connectivity index (χ2v) is 3.96. The predicted octanol–water partition coefficient (Wildman–Crippen LogP) is 2.71. The lowest BCUT2D eigenvalue weighted by Gasteiger charge is -2.08. The van der Waals surface area contributed by atoms with Crippen LogP contribution in [0.5, 0.6) is 0 Å². The van der Waals surface area contributed by atoms with Crippen LogP contribution in [0.1, 0.15) is 10.4 Å². The zero-order valence-electron chi connectivity index (χ0n) is 9.15. The first kappa shape index (κ1) is 12.3. The lowest BCUT2D eigenvalue weighted by atomic mass is 10.2. The summed E-state index contributed by atoms with van der Waals surface area (Å²) >= 11 is 5.89. The Labute approximate surface area is 108 Å². The van der Waals surface area contributed by atoms with E-state index in [4.69, 9.17) is 17.3 Å². The van der Waals surface area contributed by atoms with Gasteiger partial charge in [-0.3, -0.25) is 9.78 Å². The van der Waals surface area contributed by atoms with Gasteiger partial charge in [0.25, 0.3) is 5.91 Å². The monoisotopic (exact) mass is 265 g/mol. The van der Waals surface area contributed by atoms with E-state index in [1.807, 2.05) is 0 Å². The van der Waals surface area contributed by atoms with Gasteiger partial charge in [0, 0.05) is 11.9 Å². The number of hydrogen-bond acceptors (Lipinski definition) is 3. The Morgan fingerprint density at radius 2 is 2.17 bits per heavy atom. The molecule has 0 aliphatic carbocycles. The third-order valence-corrected chi connectivity index (χ3v) is 2.59. The first-order chi connectivity index (χ1) is 8.58. The second-order valence-electron chi connectivity index (χ2n) is 3.55. The summed E-state index contributed by atoms with van der Waals surface area (Å²) < 4.78 is 13.3. The number of anilines is 2. The number of nitrogen functional groups attached to an aromatic ring is 1. The standard InChI is InChI=1S/C12H9ClFN3O/c13-9-2-1-7(15)5-11(9)17-12(18)8-3-4-16-6-10(8)14/h1-6H,15H2,(H,17,18). The van der Waals surface area contributed by atoms with Gasteiger partial charge in [0.1, 0.15) is 0 Å².